The Labute approximate surface area is 254 Å². The number of aliphatic hydroxyl groups excluding tert-OH is 1. The van der Waals surface area contributed by atoms with Crippen LogP contribution in [0, 0.1) is 23.7 Å². The van der Waals surface area contributed by atoms with Crippen LogP contribution in [0.1, 0.15) is 65.4 Å². The van der Waals surface area contributed by atoms with Gasteiger partial charge in [0.25, 0.3) is 0 Å². The normalized spacial score (nSPS) is 14.1. The lowest BCUT2D eigenvalue weighted by molar-refractivity contribution is -0.130. The van der Waals surface area contributed by atoms with Crippen LogP contribution < -0.4 is 20.5 Å². The van der Waals surface area contributed by atoms with Gasteiger partial charge in [0.1, 0.15) is 0 Å². The van der Waals surface area contributed by atoms with Gasteiger partial charge in [0, 0.05) is 59.2 Å². The first-order valence-corrected chi connectivity index (χ1v) is 14.6. The highest BCUT2D eigenvalue weighted by Crippen LogP contribution is 2.31. The van der Waals surface area contributed by atoms with Gasteiger partial charge in [-0.2, -0.15) is 0 Å². The van der Waals surface area contributed by atoms with Crippen LogP contribution in [0.4, 0.5) is 0 Å². The van der Waals surface area contributed by atoms with Gasteiger partial charge in [-0.25, -0.2) is 0 Å². The molecule has 0 unspecified atom stereocenters. The third-order valence-corrected chi connectivity index (χ3v) is 7.49. The van der Waals surface area contributed by atoms with E-state index in [2.05, 4.69) is 19.2 Å². The predicted molar refractivity (Wildman–Crippen MR) is 167 cm³/mol. The molecule has 2 amide bonds. The molecule has 0 aliphatic carbocycles. The molecule has 1 rings (SSSR count). The molecule has 1 aromatic rings. The Hall–Kier alpha value is -2.07. The number of nitrogens with one attached hydrogen (secondary N) is 1. The SMILES string of the molecule is COCCCOc1cc(C[C@@H](C[C@H](N)[C@@H](O)C[C@H](C(=O)NCCCC(=O)N(C)C)C(C)C)C(C)C)ccc1OC.Cl. The van der Waals surface area contributed by atoms with Crippen LogP contribution in [0.25, 0.3) is 0 Å². The molecule has 4 N–H and O–H groups in total. The van der Waals surface area contributed by atoms with E-state index in [1.165, 1.54) is 0 Å². The molecule has 4 atom stereocenters. The van der Waals surface area contributed by atoms with Crippen molar-refractivity contribution in [2.75, 3.05) is 48.1 Å². The molecule has 0 heterocycles. The molecule has 238 valence electrons. The van der Waals surface area contributed by atoms with Gasteiger partial charge in [-0.1, -0.05) is 33.8 Å². The second-order valence-corrected chi connectivity index (χ2v) is 11.6. The molecule has 0 aliphatic rings. The van der Waals surface area contributed by atoms with Gasteiger partial charge in [-0.05, 0) is 61.1 Å². The van der Waals surface area contributed by atoms with Gasteiger partial charge >= 0.3 is 0 Å². The van der Waals surface area contributed by atoms with Crippen LogP contribution in [0.3, 0.4) is 0 Å². The predicted octanol–water partition coefficient (Wildman–Crippen LogP) is 4.07. The van der Waals surface area contributed by atoms with Crippen molar-refractivity contribution in [2.24, 2.45) is 29.4 Å². The highest BCUT2D eigenvalue weighted by molar-refractivity contribution is 5.85. The van der Waals surface area contributed by atoms with Gasteiger partial charge in [0.15, 0.2) is 11.5 Å². The summed E-state index contributed by atoms with van der Waals surface area (Å²) in [6.45, 7) is 9.90. The Morgan fingerprint density at radius 1 is 1.00 bits per heavy atom. The number of halogens is 1. The average Bonchev–Trinajstić information content (AvgIpc) is 2.90. The standard InChI is InChI=1S/C31H55N3O6.ClH/c1-21(2)24(17-23-12-13-28(39-8)29(18-23)40-16-10-15-38-7)19-26(32)27(35)20-25(22(3)4)31(37)33-14-9-11-30(36)34(5)6;/h12-13,18,21-22,24-27,35H,9-11,14-17,19-20,32H2,1-8H3,(H,33,37);1H/t24-,25-,26-,27-;/m0./s1. The van der Waals surface area contributed by atoms with E-state index in [0.29, 0.717) is 62.9 Å². The van der Waals surface area contributed by atoms with Crippen LogP contribution in [0.15, 0.2) is 18.2 Å². The number of hydrogen-bond donors (Lipinski definition) is 3. The fourth-order valence-corrected chi connectivity index (χ4v) is 4.67. The van der Waals surface area contributed by atoms with Gasteiger partial charge in [0.2, 0.25) is 11.8 Å². The zero-order valence-electron chi connectivity index (χ0n) is 26.5. The number of hydrogen-bond acceptors (Lipinski definition) is 7. The van der Waals surface area contributed by atoms with Crippen LogP contribution >= 0.6 is 12.4 Å². The zero-order chi connectivity index (χ0) is 30.2. The second-order valence-electron chi connectivity index (χ2n) is 11.6. The van der Waals surface area contributed by atoms with Crippen LogP contribution in [-0.4, -0.2) is 82.0 Å². The minimum absolute atomic E-state index is 0. The molecule has 0 spiro atoms. The second kappa shape index (κ2) is 20.8. The fourth-order valence-electron chi connectivity index (χ4n) is 4.67. The Balaban J connectivity index is 0.0000160. The lowest BCUT2D eigenvalue weighted by Crippen LogP contribution is -2.43. The van der Waals surface area contributed by atoms with E-state index >= 15 is 0 Å². The van der Waals surface area contributed by atoms with Crippen molar-refractivity contribution in [2.45, 2.75) is 78.4 Å². The Bertz CT molecular complexity index is 883. The molecule has 0 bridgehead atoms. The van der Waals surface area contributed by atoms with E-state index in [-0.39, 0.29) is 42.0 Å². The van der Waals surface area contributed by atoms with Crippen molar-refractivity contribution < 1.29 is 28.9 Å². The summed E-state index contributed by atoms with van der Waals surface area (Å²) in [6.07, 6.45) is 2.68. The summed E-state index contributed by atoms with van der Waals surface area (Å²) < 4.78 is 16.5. The number of rotatable bonds is 20. The first kappa shape index (κ1) is 38.9. The third kappa shape index (κ3) is 14.6. The average molecular weight is 602 g/mol. The summed E-state index contributed by atoms with van der Waals surface area (Å²) in [7, 11) is 6.74. The smallest absolute Gasteiger partial charge is 0.223 e. The summed E-state index contributed by atoms with van der Waals surface area (Å²) in [5, 5.41) is 14.0. The van der Waals surface area contributed by atoms with Crippen molar-refractivity contribution in [1.82, 2.24) is 10.2 Å². The molecule has 0 aromatic heterocycles. The number of ether oxygens (including phenoxy) is 3. The van der Waals surface area contributed by atoms with E-state index in [1.54, 1.807) is 33.2 Å². The summed E-state index contributed by atoms with van der Waals surface area (Å²) in [5.41, 5.74) is 7.65. The topological polar surface area (TPSA) is 123 Å². The molecule has 10 heteroatoms. The number of nitrogens with two attached hydrogens (primary N) is 1. The number of carbonyl (C=O) groups is 2. The maximum atomic E-state index is 12.9. The van der Waals surface area contributed by atoms with E-state index in [9.17, 15) is 14.7 Å². The Kier molecular flexibility index (Phi) is 19.7. The van der Waals surface area contributed by atoms with E-state index < -0.39 is 12.1 Å². The summed E-state index contributed by atoms with van der Waals surface area (Å²) in [4.78, 5) is 26.2. The number of benzene rings is 1. The summed E-state index contributed by atoms with van der Waals surface area (Å²) in [5.74, 6) is 1.61. The molecule has 0 aliphatic heterocycles. The first-order chi connectivity index (χ1) is 18.9. The minimum Gasteiger partial charge on any atom is -0.493 e. The molecule has 1 aromatic carbocycles. The van der Waals surface area contributed by atoms with Crippen molar-refractivity contribution in [3.05, 3.63) is 23.8 Å². The lowest BCUT2D eigenvalue weighted by atomic mass is 9.81. The Morgan fingerprint density at radius 3 is 2.24 bits per heavy atom. The van der Waals surface area contributed by atoms with Crippen molar-refractivity contribution in [3.63, 3.8) is 0 Å². The largest absolute Gasteiger partial charge is 0.493 e. The van der Waals surface area contributed by atoms with Crippen molar-refractivity contribution in [1.29, 1.82) is 0 Å². The number of amides is 2. The number of nitrogens with zero attached hydrogens (tertiary/aromatic N) is 1. The molecule has 0 radical (unpaired) electrons. The van der Waals surface area contributed by atoms with Gasteiger partial charge in [-0.3, -0.25) is 9.59 Å². The van der Waals surface area contributed by atoms with Crippen LogP contribution in [0.5, 0.6) is 11.5 Å². The number of carbonyl (C=O) groups excluding carboxylic acids is 2. The molecule has 9 nitrogen and oxygen atoms in total. The zero-order valence-corrected chi connectivity index (χ0v) is 27.3. The highest BCUT2D eigenvalue weighted by atomic mass is 35.5. The number of methoxy groups -OCH3 is 2. The monoisotopic (exact) mass is 601 g/mol. The van der Waals surface area contributed by atoms with Crippen LogP contribution in [-0.2, 0) is 20.7 Å². The molecule has 41 heavy (non-hydrogen) atoms. The summed E-state index contributed by atoms with van der Waals surface area (Å²) in [6, 6.07) is 5.54. The maximum Gasteiger partial charge on any atom is 0.223 e. The third-order valence-electron chi connectivity index (χ3n) is 7.49. The Morgan fingerprint density at radius 2 is 1.68 bits per heavy atom. The molecule has 0 saturated heterocycles. The molecule has 0 fully saturated rings. The lowest BCUT2D eigenvalue weighted by Gasteiger charge is -2.30. The van der Waals surface area contributed by atoms with Crippen molar-refractivity contribution >= 4 is 24.2 Å². The van der Waals surface area contributed by atoms with Gasteiger partial charge in [-0.15, -0.1) is 12.4 Å². The van der Waals surface area contributed by atoms with E-state index in [1.807, 2.05) is 32.0 Å². The van der Waals surface area contributed by atoms with Gasteiger partial charge < -0.3 is 35.3 Å². The molecular formula is C31H56ClN3O6. The number of aliphatic hydroxyl groups is 1. The minimum atomic E-state index is -0.801. The first-order valence-electron chi connectivity index (χ1n) is 14.6. The van der Waals surface area contributed by atoms with E-state index in [4.69, 9.17) is 19.9 Å². The summed E-state index contributed by atoms with van der Waals surface area (Å²) >= 11 is 0. The highest BCUT2D eigenvalue weighted by Gasteiger charge is 2.29. The van der Waals surface area contributed by atoms with Crippen molar-refractivity contribution in [3.8, 4) is 11.5 Å². The molecular weight excluding hydrogens is 546 g/mol. The maximum absolute atomic E-state index is 12.9. The van der Waals surface area contributed by atoms with Gasteiger partial charge in [0.05, 0.1) is 19.8 Å². The van der Waals surface area contributed by atoms with Crippen LogP contribution in [0.2, 0.25) is 0 Å². The quantitative estimate of drug-likeness (QED) is 0.192. The fraction of sp³-hybridized carbons (Fsp3) is 0.742. The van der Waals surface area contributed by atoms with E-state index in [0.717, 1.165) is 18.4 Å². The molecule has 0 saturated carbocycles.